The van der Waals surface area contributed by atoms with E-state index >= 15 is 0 Å². The molecule has 0 amide bonds. The fourth-order valence-corrected chi connectivity index (χ4v) is 4.12. The Morgan fingerprint density at radius 1 is 1.14 bits per heavy atom. The Kier molecular flexibility index (Phi) is 4.99. The van der Waals surface area contributed by atoms with Crippen molar-refractivity contribution in [2.75, 3.05) is 0 Å². The van der Waals surface area contributed by atoms with Gasteiger partial charge in [0.1, 0.15) is 0 Å². The van der Waals surface area contributed by atoms with Crippen LogP contribution in [0.4, 0.5) is 0 Å². The molecule has 1 aliphatic rings. The fraction of sp³-hybridized carbons (Fsp3) is 0.294. The van der Waals surface area contributed by atoms with E-state index in [4.69, 9.17) is 5.84 Å². The van der Waals surface area contributed by atoms with Gasteiger partial charge in [0.15, 0.2) is 0 Å². The molecule has 0 aromatic heterocycles. The summed E-state index contributed by atoms with van der Waals surface area (Å²) in [5, 5.41) is 0. The molecular weight excluding hydrogens is 439 g/mol. The second-order valence-corrected chi connectivity index (χ2v) is 7.62. The van der Waals surface area contributed by atoms with Crippen molar-refractivity contribution in [3.63, 3.8) is 0 Å². The van der Waals surface area contributed by atoms with Crippen LogP contribution in [-0.4, -0.2) is 0 Å². The first-order chi connectivity index (χ1) is 10.2. The number of hydrazine groups is 1. The van der Waals surface area contributed by atoms with E-state index < -0.39 is 0 Å². The predicted molar refractivity (Wildman–Crippen MR) is 99.1 cm³/mol. The minimum Gasteiger partial charge on any atom is -0.271 e. The second kappa shape index (κ2) is 6.77. The normalized spacial score (nSPS) is 15.0. The Balaban J connectivity index is 1.86. The smallest absolute Gasteiger partial charge is 0.0511 e. The van der Waals surface area contributed by atoms with Gasteiger partial charge in [0.25, 0.3) is 0 Å². The lowest BCUT2D eigenvalue weighted by atomic mass is 9.97. The van der Waals surface area contributed by atoms with E-state index in [0.29, 0.717) is 0 Å². The molecule has 21 heavy (non-hydrogen) atoms. The van der Waals surface area contributed by atoms with Crippen LogP contribution in [0.15, 0.2) is 40.9 Å². The number of benzene rings is 2. The molecule has 0 heterocycles. The second-order valence-electron chi connectivity index (χ2n) is 5.55. The highest BCUT2D eigenvalue weighted by atomic mass is 127. The average Bonchev–Trinajstić information content (AvgIpc) is 2.95. The summed E-state index contributed by atoms with van der Waals surface area (Å²) in [7, 11) is 0. The number of fused-ring (bicyclic) bond motifs is 1. The van der Waals surface area contributed by atoms with Crippen LogP contribution < -0.4 is 11.3 Å². The van der Waals surface area contributed by atoms with Crippen LogP contribution in [0.2, 0.25) is 0 Å². The van der Waals surface area contributed by atoms with Crippen LogP contribution in [0.25, 0.3) is 0 Å². The van der Waals surface area contributed by atoms with Crippen LogP contribution in [0.3, 0.4) is 0 Å². The summed E-state index contributed by atoms with van der Waals surface area (Å²) >= 11 is 5.92. The van der Waals surface area contributed by atoms with E-state index in [1.54, 1.807) is 0 Å². The molecule has 2 nitrogen and oxygen atoms in total. The molecule has 3 N–H and O–H groups in total. The van der Waals surface area contributed by atoms with Crippen molar-refractivity contribution in [2.45, 2.75) is 31.7 Å². The SMILES string of the molecule is NNC(Cc1ccc2c(c1)CCC2)c1cc(Br)ccc1I. The maximum Gasteiger partial charge on any atom is 0.0511 e. The maximum absolute atomic E-state index is 5.82. The number of aryl methyl sites for hydroxylation is 2. The van der Waals surface area contributed by atoms with Gasteiger partial charge < -0.3 is 0 Å². The molecule has 110 valence electrons. The summed E-state index contributed by atoms with van der Waals surface area (Å²) in [6.45, 7) is 0. The van der Waals surface area contributed by atoms with Crippen molar-refractivity contribution in [3.8, 4) is 0 Å². The molecule has 0 saturated carbocycles. The lowest BCUT2D eigenvalue weighted by molar-refractivity contribution is 0.549. The van der Waals surface area contributed by atoms with E-state index in [9.17, 15) is 0 Å². The summed E-state index contributed by atoms with van der Waals surface area (Å²) in [5.41, 5.74) is 8.62. The Bertz CT molecular complexity index is 657. The molecule has 0 saturated heterocycles. The van der Waals surface area contributed by atoms with Crippen molar-refractivity contribution in [1.82, 2.24) is 5.43 Å². The molecule has 3 rings (SSSR count). The van der Waals surface area contributed by atoms with E-state index in [1.807, 2.05) is 0 Å². The van der Waals surface area contributed by atoms with Crippen molar-refractivity contribution < 1.29 is 0 Å². The first-order valence-corrected chi connectivity index (χ1v) is 9.06. The van der Waals surface area contributed by atoms with Crippen LogP contribution in [0.1, 0.15) is 34.7 Å². The minimum absolute atomic E-state index is 0.133. The van der Waals surface area contributed by atoms with Gasteiger partial charge in [-0.05, 0) is 88.7 Å². The molecule has 1 aliphatic carbocycles. The van der Waals surface area contributed by atoms with Crippen molar-refractivity contribution in [3.05, 3.63) is 66.7 Å². The molecule has 1 unspecified atom stereocenters. The Morgan fingerprint density at radius 3 is 2.76 bits per heavy atom. The van der Waals surface area contributed by atoms with Gasteiger partial charge >= 0.3 is 0 Å². The van der Waals surface area contributed by atoms with Gasteiger partial charge in [-0.25, -0.2) is 0 Å². The zero-order valence-electron chi connectivity index (χ0n) is 11.7. The number of hydrogen-bond donors (Lipinski definition) is 2. The van der Waals surface area contributed by atoms with Crippen LogP contribution in [0, 0.1) is 3.57 Å². The van der Waals surface area contributed by atoms with Gasteiger partial charge in [0.05, 0.1) is 6.04 Å². The summed E-state index contributed by atoms with van der Waals surface area (Å²) in [6, 6.07) is 13.4. The molecular formula is C17H18BrIN2. The van der Waals surface area contributed by atoms with Crippen molar-refractivity contribution in [2.24, 2.45) is 5.84 Å². The molecule has 0 bridgehead atoms. The number of rotatable bonds is 4. The van der Waals surface area contributed by atoms with Crippen LogP contribution >= 0.6 is 38.5 Å². The van der Waals surface area contributed by atoms with Crippen molar-refractivity contribution in [1.29, 1.82) is 0 Å². The van der Waals surface area contributed by atoms with Gasteiger partial charge in [-0.2, -0.15) is 0 Å². The number of nitrogens with one attached hydrogen (secondary N) is 1. The van der Waals surface area contributed by atoms with Gasteiger partial charge in [-0.15, -0.1) is 0 Å². The highest BCUT2D eigenvalue weighted by Gasteiger charge is 2.16. The van der Waals surface area contributed by atoms with E-state index in [1.165, 1.54) is 45.1 Å². The monoisotopic (exact) mass is 456 g/mol. The van der Waals surface area contributed by atoms with Gasteiger partial charge in [0, 0.05) is 8.04 Å². The standard InChI is InChI=1S/C17H18BrIN2/c18-14-6-7-16(19)15(10-14)17(21-20)9-11-4-5-12-2-1-3-13(12)8-11/h4-8,10,17,21H,1-3,9,20H2. The largest absolute Gasteiger partial charge is 0.271 e. The topological polar surface area (TPSA) is 38.0 Å². The van der Waals surface area contributed by atoms with Gasteiger partial charge in [0.2, 0.25) is 0 Å². The molecule has 0 aliphatic heterocycles. The lowest BCUT2D eigenvalue weighted by Gasteiger charge is -2.19. The molecule has 0 radical (unpaired) electrons. The molecule has 2 aromatic carbocycles. The zero-order chi connectivity index (χ0) is 14.8. The number of hydrogen-bond acceptors (Lipinski definition) is 2. The van der Waals surface area contributed by atoms with E-state index in [0.717, 1.165) is 10.9 Å². The Hall–Kier alpha value is -0.430. The fourth-order valence-electron chi connectivity index (χ4n) is 3.03. The molecule has 0 fully saturated rings. The first kappa shape index (κ1) is 15.5. The van der Waals surface area contributed by atoms with Crippen molar-refractivity contribution >= 4 is 38.5 Å². The van der Waals surface area contributed by atoms with Crippen LogP contribution in [0.5, 0.6) is 0 Å². The maximum atomic E-state index is 5.82. The first-order valence-electron chi connectivity index (χ1n) is 7.19. The van der Waals surface area contributed by atoms with E-state index in [2.05, 4.69) is 80.3 Å². The minimum atomic E-state index is 0.133. The molecule has 0 spiro atoms. The van der Waals surface area contributed by atoms with E-state index in [-0.39, 0.29) is 6.04 Å². The quantitative estimate of drug-likeness (QED) is 0.409. The average molecular weight is 457 g/mol. The Morgan fingerprint density at radius 2 is 1.95 bits per heavy atom. The van der Waals surface area contributed by atoms with Gasteiger partial charge in [-0.1, -0.05) is 34.1 Å². The Labute approximate surface area is 147 Å². The summed E-state index contributed by atoms with van der Waals surface area (Å²) in [6.07, 6.45) is 4.66. The predicted octanol–water partition coefficient (Wildman–Crippen LogP) is 4.29. The lowest BCUT2D eigenvalue weighted by Crippen LogP contribution is -2.30. The summed E-state index contributed by atoms with van der Waals surface area (Å²) < 4.78 is 2.33. The molecule has 2 aromatic rings. The van der Waals surface area contributed by atoms with Crippen LogP contribution in [-0.2, 0) is 19.3 Å². The number of nitrogens with two attached hydrogens (primary N) is 1. The highest BCUT2D eigenvalue weighted by Crippen LogP contribution is 2.28. The summed E-state index contributed by atoms with van der Waals surface area (Å²) in [5.74, 6) is 5.82. The zero-order valence-corrected chi connectivity index (χ0v) is 15.4. The molecule has 1 atom stereocenters. The highest BCUT2D eigenvalue weighted by molar-refractivity contribution is 14.1. The third kappa shape index (κ3) is 3.50. The third-order valence-electron chi connectivity index (χ3n) is 4.14. The van der Waals surface area contributed by atoms with Gasteiger partial charge in [-0.3, -0.25) is 11.3 Å². The number of halogens is 2. The summed E-state index contributed by atoms with van der Waals surface area (Å²) in [4.78, 5) is 0. The molecule has 4 heteroatoms. The third-order valence-corrected chi connectivity index (χ3v) is 5.61.